The SMILES string of the molecule is CC1CCC(N2CCC(C)(O)CC2)CC1. The lowest BCUT2D eigenvalue weighted by Crippen LogP contribution is -2.47. The van der Waals surface area contributed by atoms with E-state index in [9.17, 15) is 5.11 Å². The summed E-state index contributed by atoms with van der Waals surface area (Å²) in [5.74, 6) is 0.939. The van der Waals surface area contributed by atoms with E-state index in [2.05, 4.69) is 11.8 Å². The van der Waals surface area contributed by atoms with Gasteiger partial charge in [-0.1, -0.05) is 6.92 Å². The van der Waals surface area contributed by atoms with Gasteiger partial charge in [-0.3, -0.25) is 0 Å². The Morgan fingerprint density at radius 2 is 1.60 bits per heavy atom. The predicted molar refractivity (Wildman–Crippen MR) is 62.9 cm³/mol. The first kappa shape index (κ1) is 11.4. The molecule has 0 amide bonds. The quantitative estimate of drug-likeness (QED) is 0.720. The van der Waals surface area contributed by atoms with Crippen molar-refractivity contribution in [2.24, 2.45) is 5.92 Å². The summed E-state index contributed by atoms with van der Waals surface area (Å²) in [6, 6.07) is 0.817. The van der Waals surface area contributed by atoms with E-state index >= 15 is 0 Å². The molecule has 2 nitrogen and oxygen atoms in total. The van der Waals surface area contributed by atoms with Gasteiger partial charge in [-0.15, -0.1) is 0 Å². The van der Waals surface area contributed by atoms with Crippen LogP contribution in [0, 0.1) is 5.92 Å². The molecule has 0 unspecified atom stereocenters. The fourth-order valence-electron chi connectivity index (χ4n) is 2.98. The summed E-state index contributed by atoms with van der Waals surface area (Å²) in [4.78, 5) is 2.61. The predicted octanol–water partition coefficient (Wildman–Crippen LogP) is 2.41. The Kier molecular flexibility index (Phi) is 3.36. The van der Waals surface area contributed by atoms with Crippen LogP contribution in [-0.2, 0) is 0 Å². The van der Waals surface area contributed by atoms with Crippen molar-refractivity contribution >= 4 is 0 Å². The van der Waals surface area contributed by atoms with Gasteiger partial charge < -0.3 is 10.0 Å². The third-order valence-electron chi connectivity index (χ3n) is 4.38. The van der Waals surface area contributed by atoms with E-state index in [0.717, 1.165) is 37.9 Å². The molecule has 0 spiro atoms. The molecule has 15 heavy (non-hydrogen) atoms. The smallest absolute Gasteiger partial charge is 0.0644 e. The van der Waals surface area contributed by atoms with Crippen LogP contribution in [0.3, 0.4) is 0 Å². The minimum absolute atomic E-state index is 0.390. The average Bonchev–Trinajstić information content (AvgIpc) is 2.20. The van der Waals surface area contributed by atoms with Gasteiger partial charge in [0.2, 0.25) is 0 Å². The first-order chi connectivity index (χ1) is 7.07. The van der Waals surface area contributed by atoms with Crippen molar-refractivity contribution in [3.8, 4) is 0 Å². The van der Waals surface area contributed by atoms with Gasteiger partial charge in [-0.25, -0.2) is 0 Å². The first-order valence-electron chi connectivity index (χ1n) is 6.53. The lowest BCUT2D eigenvalue weighted by atomic mass is 9.84. The molecule has 1 N–H and O–H groups in total. The van der Waals surface area contributed by atoms with Gasteiger partial charge >= 0.3 is 0 Å². The molecule has 2 fully saturated rings. The van der Waals surface area contributed by atoms with Crippen molar-refractivity contribution in [3.05, 3.63) is 0 Å². The zero-order chi connectivity index (χ0) is 10.9. The second-order valence-electron chi connectivity index (χ2n) is 5.95. The normalized spacial score (nSPS) is 37.8. The van der Waals surface area contributed by atoms with Crippen LogP contribution >= 0.6 is 0 Å². The molecule has 88 valence electrons. The summed E-state index contributed by atoms with van der Waals surface area (Å²) in [7, 11) is 0. The van der Waals surface area contributed by atoms with Crippen LogP contribution in [0.15, 0.2) is 0 Å². The average molecular weight is 211 g/mol. The van der Waals surface area contributed by atoms with Crippen LogP contribution in [0.1, 0.15) is 52.4 Å². The molecule has 1 saturated carbocycles. The van der Waals surface area contributed by atoms with Gasteiger partial charge in [0.25, 0.3) is 0 Å². The lowest BCUT2D eigenvalue weighted by Gasteiger charge is -2.42. The summed E-state index contributed by atoms with van der Waals surface area (Å²) in [5, 5.41) is 9.91. The number of hydrogen-bond acceptors (Lipinski definition) is 2. The van der Waals surface area contributed by atoms with E-state index in [-0.39, 0.29) is 0 Å². The number of piperidine rings is 1. The lowest BCUT2D eigenvalue weighted by molar-refractivity contribution is -0.0223. The number of hydrogen-bond donors (Lipinski definition) is 1. The summed E-state index contributed by atoms with van der Waals surface area (Å²) in [6.45, 7) is 6.56. The van der Waals surface area contributed by atoms with Crippen LogP contribution < -0.4 is 0 Å². The zero-order valence-electron chi connectivity index (χ0n) is 10.2. The highest BCUT2D eigenvalue weighted by atomic mass is 16.3. The summed E-state index contributed by atoms with van der Waals surface area (Å²) in [6.07, 6.45) is 7.47. The van der Waals surface area contributed by atoms with Crippen molar-refractivity contribution in [1.82, 2.24) is 4.90 Å². The third-order valence-corrected chi connectivity index (χ3v) is 4.38. The Labute approximate surface area is 93.7 Å². The number of aliphatic hydroxyl groups is 1. The number of rotatable bonds is 1. The Bertz CT molecular complexity index is 197. The van der Waals surface area contributed by atoms with Crippen molar-refractivity contribution in [2.75, 3.05) is 13.1 Å². The maximum absolute atomic E-state index is 9.91. The van der Waals surface area contributed by atoms with E-state index in [0.29, 0.717) is 0 Å². The van der Waals surface area contributed by atoms with Crippen LogP contribution in [0.2, 0.25) is 0 Å². The second kappa shape index (κ2) is 4.42. The molecule has 0 atom stereocenters. The maximum atomic E-state index is 9.91. The van der Waals surface area contributed by atoms with E-state index < -0.39 is 5.60 Å². The van der Waals surface area contributed by atoms with Gasteiger partial charge in [0.15, 0.2) is 0 Å². The van der Waals surface area contributed by atoms with Crippen molar-refractivity contribution in [3.63, 3.8) is 0 Å². The topological polar surface area (TPSA) is 23.5 Å². The summed E-state index contributed by atoms with van der Waals surface area (Å²) in [5.41, 5.74) is -0.390. The molecular weight excluding hydrogens is 186 g/mol. The highest BCUT2D eigenvalue weighted by Crippen LogP contribution is 2.30. The number of nitrogens with zero attached hydrogens (tertiary/aromatic N) is 1. The van der Waals surface area contributed by atoms with Crippen molar-refractivity contribution in [1.29, 1.82) is 0 Å². The zero-order valence-corrected chi connectivity index (χ0v) is 10.2. The second-order valence-corrected chi connectivity index (χ2v) is 5.95. The van der Waals surface area contributed by atoms with Gasteiger partial charge in [0.1, 0.15) is 0 Å². The number of likely N-dealkylation sites (tertiary alicyclic amines) is 1. The fourth-order valence-corrected chi connectivity index (χ4v) is 2.98. The van der Waals surface area contributed by atoms with E-state index in [4.69, 9.17) is 0 Å². The highest BCUT2D eigenvalue weighted by molar-refractivity contribution is 4.86. The molecule has 1 saturated heterocycles. The van der Waals surface area contributed by atoms with Gasteiger partial charge in [-0.2, -0.15) is 0 Å². The van der Waals surface area contributed by atoms with E-state index in [1.807, 2.05) is 6.92 Å². The van der Waals surface area contributed by atoms with Crippen LogP contribution in [-0.4, -0.2) is 34.7 Å². The molecule has 1 aliphatic heterocycles. The molecule has 1 heterocycles. The molecule has 1 aliphatic carbocycles. The standard InChI is InChI=1S/C13H25NO/c1-11-3-5-12(6-4-11)14-9-7-13(2,15)8-10-14/h11-12,15H,3-10H2,1-2H3. The molecule has 0 radical (unpaired) electrons. The molecule has 0 aromatic carbocycles. The molecule has 0 aromatic heterocycles. The Hall–Kier alpha value is -0.0800. The van der Waals surface area contributed by atoms with Crippen molar-refractivity contribution in [2.45, 2.75) is 64.0 Å². The molecule has 2 heteroatoms. The van der Waals surface area contributed by atoms with Crippen LogP contribution in [0.5, 0.6) is 0 Å². The van der Waals surface area contributed by atoms with E-state index in [1.54, 1.807) is 0 Å². The maximum Gasteiger partial charge on any atom is 0.0644 e. The van der Waals surface area contributed by atoms with Crippen LogP contribution in [0.25, 0.3) is 0 Å². The Morgan fingerprint density at radius 3 is 2.13 bits per heavy atom. The minimum Gasteiger partial charge on any atom is -0.390 e. The van der Waals surface area contributed by atoms with Crippen LogP contribution in [0.4, 0.5) is 0 Å². The first-order valence-corrected chi connectivity index (χ1v) is 6.53. The molecular formula is C13H25NO. The molecule has 2 rings (SSSR count). The van der Waals surface area contributed by atoms with Gasteiger partial charge in [0.05, 0.1) is 5.60 Å². The largest absolute Gasteiger partial charge is 0.390 e. The van der Waals surface area contributed by atoms with Gasteiger partial charge in [-0.05, 0) is 51.4 Å². The Morgan fingerprint density at radius 1 is 1.07 bits per heavy atom. The fraction of sp³-hybridized carbons (Fsp3) is 1.00. The minimum atomic E-state index is -0.390. The molecule has 0 aromatic rings. The Balaban J connectivity index is 1.80. The van der Waals surface area contributed by atoms with Gasteiger partial charge in [0, 0.05) is 19.1 Å². The summed E-state index contributed by atoms with van der Waals surface area (Å²) >= 11 is 0. The monoisotopic (exact) mass is 211 g/mol. The van der Waals surface area contributed by atoms with Crippen molar-refractivity contribution < 1.29 is 5.11 Å². The highest BCUT2D eigenvalue weighted by Gasteiger charge is 2.31. The van der Waals surface area contributed by atoms with E-state index in [1.165, 1.54) is 25.7 Å². The molecule has 2 aliphatic rings. The third kappa shape index (κ3) is 2.94. The summed E-state index contributed by atoms with van der Waals surface area (Å²) < 4.78 is 0. The molecule has 0 bridgehead atoms.